The lowest BCUT2D eigenvalue weighted by Gasteiger charge is -2.12. The Balaban J connectivity index is 1.66. The standard InChI is InChI=1S/C12H17BrN2O/c13-11-6-3-7-14-12(11)15-8-9-16-10-4-1-2-5-10/h3,6-7,10H,1-2,4-5,8-9H2,(H,14,15). The van der Waals surface area contributed by atoms with Crippen molar-refractivity contribution in [2.45, 2.75) is 31.8 Å². The number of halogens is 1. The highest BCUT2D eigenvalue weighted by Crippen LogP contribution is 2.21. The fourth-order valence-electron chi connectivity index (χ4n) is 1.97. The number of hydrogen-bond acceptors (Lipinski definition) is 3. The monoisotopic (exact) mass is 284 g/mol. The Hall–Kier alpha value is -0.610. The summed E-state index contributed by atoms with van der Waals surface area (Å²) in [7, 11) is 0. The Morgan fingerprint density at radius 3 is 3.00 bits per heavy atom. The van der Waals surface area contributed by atoms with E-state index < -0.39 is 0 Å². The Labute approximate surface area is 105 Å². The summed E-state index contributed by atoms with van der Waals surface area (Å²) >= 11 is 3.45. The number of anilines is 1. The van der Waals surface area contributed by atoms with Crippen LogP contribution >= 0.6 is 15.9 Å². The zero-order valence-corrected chi connectivity index (χ0v) is 10.9. The smallest absolute Gasteiger partial charge is 0.140 e. The summed E-state index contributed by atoms with van der Waals surface area (Å²) < 4.78 is 6.76. The molecule has 0 aliphatic heterocycles. The maximum Gasteiger partial charge on any atom is 0.140 e. The summed E-state index contributed by atoms with van der Waals surface area (Å²) in [5.74, 6) is 0.887. The van der Waals surface area contributed by atoms with E-state index in [4.69, 9.17) is 4.74 Å². The molecule has 1 heterocycles. The molecule has 4 heteroatoms. The largest absolute Gasteiger partial charge is 0.376 e. The fourth-order valence-corrected chi connectivity index (χ4v) is 2.36. The topological polar surface area (TPSA) is 34.2 Å². The van der Waals surface area contributed by atoms with Crippen molar-refractivity contribution in [2.24, 2.45) is 0 Å². The predicted octanol–water partition coefficient (Wildman–Crippen LogP) is 3.22. The first-order chi connectivity index (χ1) is 7.86. The summed E-state index contributed by atoms with van der Waals surface area (Å²) in [4.78, 5) is 4.23. The van der Waals surface area contributed by atoms with E-state index >= 15 is 0 Å². The fraction of sp³-hybridized carbons (Fsp3) is 0.583. The summed E-state index contributed by atoms with van der Waals surface area (Å²) in [6.45, 7) is 1.57. The number of nitrogens with one attached hydrogen (secondary N) is 1. The highest BCUT2D eigenvalue weighted by atomic mass is 79.9. The summed E-state index contributed by atoms with van der Waals surface area (Å²) in [6.07, 6.45) is 7.38. The van der Waals surface area contributed by atoms with Gasteiger partial charge in [-0.05, 0) is 40.9 Å². The van der Waals surface area contributed by atoms with Crippen molar-refractivity contribution in [3.63, 3.8) is 0 Å². The normalized spacial score (nSPS) is 16.6. The van der Waals surface area contributed by atoms with Gasteiger partial charge in [-0.25, -0.2) is 4.98 Å². The van der Waals surface area contributed by atoms with Crippen LogP contribution in [0.5, 0.6) is 0 Å². The molecule has 0 saturated heterocycles. The molecular weight excluding hydrogens is 268 g/mol. The minimum Gasteiger partial charge on any atom is -0.376 e. The number of rotatable bonds is 5. The van der Waals surface area contributed by atoms with Crippen LogP contribution < -0.4 is 5.32 Å². The number of nitrogens with zero attached hydrogens (tertiary/aromatic N) is 1. The summed E-state index contributed by atoms with van der Waals surface area (Å²) in [5.41, 5.74) is 0. The minimum atomic E-state index is 0.494. The van der Waals surface area contributed by atoms with Crippen molar-refractivity contribution in [3.8, 4) is 0 Å². The van der Waals surface area contributed by atoms with Crippen LogP contribution in [-0.2, 0) is 4.74 Å². The second kappa shape index (κ2) is 6.21. The molecule has 0 radical (unpaired) electrons. The van der Waals surface area contributed by atoms with Crippen LogP contribution in [0.15, 0.2) is 22.8 Å². The van der Waals surface area contributed by atoms with E-state index in [1.807, 2.05) is 12.1 Å². The number of aromatic nitrogens is 1. The molecule has 1 aliphatic carbocycles. The molecule has 1 aromatic rings. The second-order valence-corrected chi connectivity index (χ2v) is 4.89. The van der Waals surface area contributed by atoms with Crippen LogP contribution in [-0.4, -0.2) is 24.2 Å². The van der Waals surface area contributed by atoms with Crippen molar-refractivity contribution in [3.05, 3.63) is 22.8 Å². The first kappa shape index (κ1) is 11.9. The van der Waals surface area contributed by atoms with Gasteiger partial charge in [0.15, 0.2) is 0 Å². The minimum absolute atomic E-state index is 0.494. The molecule has 1 aromatic heterocycles. The molecule has 2 rings (SSSR count). The van der Waals surface area contributed by atoms with Crippen LogP contribution in [0.1, 0.15) is 25.7 Å². The third kappa shape index (κ3) is 3.46. The third-order valence-electron chi connectivity index (χ3n) is 2.81. The number of pyridine rings is 1. The highest BCUT2D eigenvalue weighted by Gasteiger charge is 2.14. The van der Waals surface area contributed by atoms with E-state index in [-0.39, 0.29) is 0 Å². The van der Waals surface area contributed by atoms with E-state index in [0.29, 0.717) is 6.10 Å². The van der Waals surface area contributed by atoms with Gasteiger partial charge in [0.2, 0.25) is 0 Å². The average molecular weight is 285 g/mol. The summed E-state index contributed by atoms with van der Waals surface area (Å²) in [6, 6.07) is 3.89. The lowest BCUT2D eigenvalue weighted by atomic mass is 10.3. The molecule has 88 valence electrons. The first-order valence-corrected chi connectivity index (χ1v) is 6.61. The lowest BCUT2D eigenvalue weighted by Crippen LogP contribution is -2.15. The van der Waals surface area contributed by atoms with E-state index in [1.165, 1.54) is 25.7 Å². The molecule has 1 aliphatic rings. The predicted molar refractivity (Wildman–Crippen MR) is 68.6 cm³/mol. The summed E-state index contributed by atoms with van der Waals surface area (Å²) in [5, 5.41) is 3.25. The van der Waals surface area contributed by atoms with Crippen LogP contribution in [0.25, 0.3) is 0 Å². The molecule has 0 amide bonds. The van der Waals surface area contributed by atoms with Gasteiger partial charge in [-0.1, -0.05) is 12.8 Å². The first-order valence-electron chi connectivity index (χ1n) is 5.82. The van der Waals surface area contributed by atoms with Crippen LogP contribution in [0, 0.1) is 0 Å². The van der Waals surface area contributed by atoms with E-state index in [9.17, 15) is 0 Å². The van der Waals surface area contributed by atoms with Crippen LogP contribution in [0.2, 0.25) is 0 Å². The van der Waals surface area contributed by atoms with E-state index in [0.717, 1.165) is 23.4 Å². The molecule has 3 nitrogen and oxygen atoms in total. The molecule has 0 aromatic carbocycles. The maximum absolute atomic E-state index is 5.76. The molecule has 1 saturated carbocycles. The molecule has 1 fully saturated rings. The molecular formula is C12H17BrN2O. The van der Waals surface area contributed by atoms with Crippen molar-refractivity contribution in [1.82, 2.24) is 4.98 Å². The van der Waals surface area contributed by atoms with Crippen molar-refractivity contribution in [1.29, 1.82) is 0 Å². The van der Waals surface area contributed by atoms with Gasteiger partial charge in [0.1, 0.15) is 5.82 Å². The Morgan fingerprint density at radius 2 is 2.25 bits per heavy atom. The third-order valence-corrected chi connectivity index (χ3v) is 3.45. The molecule has 0 bridgehead atoms. The van der Waals surface area contributed by atoms with Gasteiger partial charge in [-0.3, -0.25) is 0 Å². The van der Waals surface area contributed by atoms with Crippen LogP contribution in [0.3, 0.4) is 0 Å². The molecule has 0 atom stereocenters. The maximum atomic E-state index is 5.76. The molecule has 16 heavy (non-hydrogen) atoms. The molecule has 1 N–H and O–H groups in total. The Morgan fingerprint density at radius 1 is 1.44 bits per heavy atom. The van der Waals surface area contributed by atoms with Gasteiger partial charge < -0.3 is 10.1 Å². The molecule has 0 spiro atoms. The number of hydrogen-bond donors (Lipinski definition) is 1. The second-order valence-electron chi connectivity index (χ2n) is 4.04. The zero-order valence-electron chi connectivity index (χ0n) is 9.29. The quantitative estimate of drug-likeness (QED) is 0.843. The van der Waals surface area contributed by atoms with Gasteiger partial charge in [-0.15, -0.1) is 0 Å². The van der Waals surface area contributed by atoms with Crippen LogP contribution in [0.4, 0.5) is 5.82 Å². The van der Waals surface area contributed by atoms with E-state index in [2.05, 4.69) is 26.2 Å². The van der Waals surface area contributed by atoms with Gasteiger partial charge in [0.05, 0.1) is 17.2 Å². The zero-order chi connectivity index (χ0) is 11.2. The Kier molecular flexibility index (Phi) is 4.60. The number of ether oxygens (including phenoxy) is 1. The lowest BCUT2D eigenvalue weighted by molar-refractivity contribution is 0.0658. The van der Waals surface area contributed by atoms with Crippen molar-refractivity contribution < 1.29 is 4.74 Å². The van der Waals surface area contributed by atoms with Gasteiger partial charge in [0.25, 0.3) is 0 Å². The van der Waals surface area contributed by atoms with Crippen molar-refractivity contribution in [2.75, 3.05) is 18.5 Å². The van der Waals surface area contributed by atoms with Gasteiger partial charge in [0, 0.05) is 12.7 Å². The SMILES string of the molecule is Brc1cccnc1NCCOC1CCCC1. The average Bonchev–Trinajstić information content (AvgIpc) is 2.79. The van der Waals surface area contributed by atoms with E-state index in [1.54, 1.807) is 6.20 Å². The van der Waals surface area contributed by atoms with Gasteiger partial charge in [-0.2, -0.15) is 0 Å². The Bertz CT molecular complexity index is 327. The van der Waals surface area contributed by atoms with Crippen molar-refractivity contribution >= 4 is 21.7 Å². The van der Waals surface area contributed by atoms with Gasteiger partial charge >= 0.3 is 0 Å². The molecule has 0 unspecified atom stereocenters. The highest BCUT2D eigenvalue weighted by molar-refractivity contribution is 9.10.